The molecule has 22 heavy (non-hydrogen) atoms. The predicted molar refractivity (Wildman–Crippen MR) is 87.0 cm³/mol. The molecule has 0 aliphatic rings. The number of rotatable bonds is 7. The third-order valence-corrected chi connectivity index (χ3v) is 5.06. The summed E-state index contributed by atoms with van der Waals surface area (Å²) in [6.07, 6.45) is 1.60. The Morgan fingerprint density at radius 1 is 1.36 bits per heavy atom. The fourth-order valence-corrected chi connectivity index (χ4v) is 2.87. The van der Waals surface area contributed by atoms with Crippen LogP contribution < -0.4 is 4.74 Å². The van der Waals surface area contributed by atoms with Crippen LogP contribution in [0.15, 0.2) is 18.3 Å². The molecule has 0 aliphatic heterocycles. The number of nitro benzene ring substituents is 1. The van der Waals surface area contributed by atoms with Gasteiger partial charge in [0, 0.05) is 20.1 Å². The highest BCUT2D eigenvalue weighted by Crippen LogP contribution is 2.34. The number of aromatic nitrogens is 2. The number of fused-ring (bicyclic) bond motifs is 1. The van der Waals surface area contributed by atoms with Gasteiger partial charge in [-0.25, -0.2) is 4.68 Å². The molecule has 0 aliphatic carbocycles. The maximum absolute atomic E-state index is 11.4. The molecule has 0 N–H and O–H groups in total. The zero-order chi connectivity index (χ0) is 16.3. The van der Waals surface area contributed by atoms with Crippen LogP contribution in [0.3, 0.4) is 0 Å². The molecule has 1 aromatic heterocycles. The summed E-state index contributed by atoms with van der Waals surface area (Å²) in [5, 5.41) is 16.2. The highest BCUT2D eigenvalue weighted by molar-refractivity contribution is 6.76. The second-order valence-corrected chi connectivity index (χ2v) is 11.9. The first-order chi connectivity index (χ1) is 10.3. The van der Waals surface area contributed by atoms with E-state index in [1.165, 1.54) is 11.8 Å². The summed E-state index contributed by atoms with van der Waals surface area (Å²) >= 11 is 0. The zero-order valence-corrected chi connectivity index (χ0v) is 14.3. The van der Waals surface area contributed by atoms with Crippen molar-refractivity contribution in [3.8, 4) is 5.75 Å². The van der Waals surface area contributed by atoms with Gasteiger partial charge in [0.25, 0.3) is 0 Å². The average molecular weight is 323 g/mol. The van der Waals surface area contributed by atoms with Crippen LogP contribution in [0.4, 0.5) is 5.69 Å². The van der Waals surface area contributed by atoms with Gasteiger partial charge in [0.1, 0.15) is 6.73 Å². The average Bonchev–Trinajstić information content (AvgIpc) is 2.84. The number of hydrogen-bond donors (Lipinski definition) is 0. The lowest BCUT2D eigenvalue weighted by molar-refractivity contribution is -0.384. The Balaban J connectivity index is 2.25. The molecule has 120 valence electrons. The van der Waals surface area contributed by atoms with Crippen LogP contribution in [-0.4, -0.2) is 36.5 Å². The smallest absolute Gasteiger partial charge is 0.336 e. The van der Waals surface area contributed by atoms with Crippen LogP contribution in [0.1, 0.15) is 0 Å². The van der Waals surface area contributed by atoms with Crippen molar-refractivity contribution in [3.63, 3.8) is 0 Å². The van der Waals surface area contributed by atoms with Gasteiger partial charge in [0.2, 0.25) is 0 Å². The minimum Gasteiger partial charge on any atom is -0.490 e. The summed E-state index contributed by atoms with van der Waals surface area (Å²) in [5.41, 5.74) is 0.351. The molecule has 7 nitrogen and oxygen atoms in total. The van der Waals surface area contributed by atoms with Crippen LogP contribution in [0.25, 0.3) is 10.9 Å². The summed E-state index contributed by atoms with van der Waals surface area (Å²) in [7, 11) is 0.257. The van der Waals surface area contributed by atoms with Gasteiger partial charge in [-0.2, -0.15) is 5.10 Å². The SMILES string of the molecule is COc1ccc2cnn(COCC[Si](C)(C)C)c2c1[N+](=O)[O-]. The molecule has 0 radical (unpaired) electrons. The number of nitro groups is 1. The summed E-state index contributed by atoms with van der Waals surface area (Å²) in [6.45, 7) is 7.65. The molecule has 0 unspecified atom stereocenters. The zero-order valence-electron chi connectivity index (χ0n) is 13.3. The summed E-state index contributed by atoms with van der Waals surface area (Å²) in [5.74, 6) is 0.223. The highest BCUT2D eigenvalue weighted by Gasteiger charge is 2.23. The lowest BCUT2D eigenvalue weighted by Gasteiger charge is -2.15. The first-order valence-corrected chi connectivity index (χ1v) is 10.8. The van der Waals surface area contributed by atoms with Crippen LogP contribution in [0.5, 0.6) is 5.75 Å². The maximum atomic E-state index is 11.4. The van der Waals surface area contributed by atoms with Crippen molar-refractivity contribution in [2.45, 2.75) is 32.4 Å². The first kappa shape index (κ1) is 16.4. The van der Waals surface area contributed by atoms with E-state index in [9.17, 15) is 10.1 Å². The quantitative estimate of drug-likeness (QED) is 0.338. The molecule has 0 fully saturated rings. The minimum atomic E-state index is -1.16. The molecule has 0 saturated heterocycles. The molecule has 2 rings (SSSR count). The van der Waals surface area contributed by atoms with Gasteiger partial charge in [0.05, 0.1) is 18.2 Å². The lowest BCUT2D eigenvalue weighted by atomic mass is 10.2. The molecule has 1 heterocycles. The maximum Gasteiger partial charge on any atom is 0.336 e. The Hall–Kier alpha value is -1.93. The van der Waals surface area contributed by atoms with E-state index in [1.807, 2.05) is 0 Å². The monoisotopic (exact) mass is 323 g/mol. The van der Waals surface area contributed by atoms with Gasteiger partial charge in [0.15, 0.2) is 11.3 Å². The number of methoxy groups -OCH3 is 1. The Morgan fingerprint density at radius 2 is 2.09 bits per heavy atom. The van der Waals surface area contributed by atoms with Gasteiger partial charge < -0.3 is 9.47 Å². The van der Waals surface area contributed by atoms with E-state index in [1.54, 1.807) is 18.3 Å². The Kier molecular flexibility index (Phi) is 4.82. The van der Waals surface area contributed by atoms with Gasteiger partial charge in [-0.1, -0.05) is 19.6 Å². The van der Waals surface area contributed by atoms with E-state index in [0.29, 0.717) is 17.5 Å². The first-order valence-electron chi connectivity index (χ1n) is 7.08. The van der Waals surface area contributed by atoms with E-state index in [2.05, 4.69) is 24.7 Å². The highest BCUT2D eigenvalue weighted by atomic mass is 28.3. The van der Waals surface area contributed by atoms with Crippen molar-refractivity contribution in [3.05, 3.63) is 28.4 Å². The van der Waals surface area contributed by atoms with Crippen molar-refractivity contribution < 1.29 is 14.4 Å². The molecule has 0 saturated carbocycles. The van der Waals surface area contributed by atoms with Crippen molar-refractivity contribution >= 4 is 24.7 Å². The van der Waals surface area contributed by atoms with Crippen LogP contribution >= 0.6 is 0 Å². The fourth-order valence-electron chi connectivity index (χ4n) is 2.11. The van der Waals surface area contributed by atoms with Gasteiger partial charge in [-0.15, -0.1) is 0 Å². The van der Waals surface area contributed by atoms with E-state index < -0.39 is 13.0 Å². The van der Waals surface area contributed by atoms with Crippen molar-refractivity contribution in [1.29, 1.82) is 0 Å². The number of benzene rings is 1. The molecule has 0 bridgehead atoms. The topological polar surface area (TPSA) is 79.4 Å². The molecule has 0 atom stereocenters. The third kappa shape index (κ3) is 3.63. The fraction of sp³-hybridized carbons (Fsp3) is 0.500. The van der Waals surface area contributed by atoms with Crippen LogP contribution in [-0.2, 0) is 11.5 Å². The van der Waals surface area contributed by atoms with Crippen molar-refractivity contribution in [2.24, 2.45) is 0 Å². The van der Waals surface area contributed by atoms with Gasteiger partial charge in [-0.3, -0.25) is 10.1 Å². The largest absolute Gasteiger partial charge is 0.490 e. The molecule has 0 spiro atoms. The molecule has 2 aromatic rings. The molecule has 1 aromatic carbocycles. The molecular formula is C14H21N3O4Si. The molecular weight excluding hydrogens is 302 g/mol. The van der Waals surface area contributed by atoms with Crippen LogP contribution in [0.2, 0.25) is 25.7 Å². The minimum absolute atomic E-state index is 0.0775. The molecule has 8 heteroatoms. The predicted octanol–water partition coefficient (Wildman–Crippen LogP) is 3.27. The Morgan fingerprint density at radius 3 is 2.68 bits per heavy atom. The van der Waals surface area contributed by atoms with E-state index in [0.717, 1.165) is 6.04 Å². The van der Waals surface area contributed by atoms with Crippen molar-refractivity contribution in [2.75, 3.05) is 13.7 Å². The van der Waals surface area contributed by atoms with Gasteiger partial charge >= 0.3 is 5.69 Å². The second kappa shape index (κ2) is 6.45. The lowest BCUT2D eigenvalue weighted by Crippen LogP contribution is -2.22. The number of nitrogens with zero attached hydrogens (tertiary/aromatic N) is 3. The van der Waals surface area contributed by atoms with Crippen molar-refractivity contribution in [1.82, 2.24) is 9.78 Å². The molecule has 0 amide bonds. The third-order valence-electron chi connectivity index (χ3n) is 3.35. The summed E-state index contributed by atoms with van der Waals surface area (Å²) in [4.78, 5) is 10.9. The van der Waals surface area contributed by atoms with E-state index in [4.69, 9.17) is 9.47 Å². The van der Waals surface area contributed by atoms with Crippen LogP contribution in [0, 0.1) is 10.1 Å². The van der Waals surface area contributed by atoms with E-state index in [-0.39, 0.29) is 18.2 Å². The van der Waals surface area contributed by atoms with E-state index >= 15 is 0 Å². The standard InChI is InChI=1S/C14H21N3O4Si/c1-20-12-6-5-11-9-15-16(13(11)14(12)17(18)19)10-21-7-8-22(2,3)4/h5-6,9H,7-8,10H2,1-4H3. The Bertz CT molecular complexity index is 679. The summed E-state index contributed by atoms with van der Waals surface area (Å²) < 4.78 is 12.2. The number of hydrogen-bond acceptors (Lipinski definition) is 5. The Labute approximate surface area is 130 Å². The normalized spacial score (nSPS) is 11.8. The van der Waals surface area contributed by atoms with Gasteiger partial charge in [-0.05, 0) is 18.2 Å². The summed E-state index contributed by atoms with van der Waals surface area (Å²) in [6, 6.07) is 4.38. The second-order valence-electron chi connectivity index (χ2n) is 6.30. The number of ether oxygens (including phenoxy) is 2.